The number of benzene rings is 1. The summed E-state index contributed by atoms with van der Waals surface area (Å²) in [5.41, 5.74) is 8.07. The quantitative estimate of drug-likeness (QED) is 0.820. The van der Waals surface area contributed by atoms with Crippen molar-refractivity contribution in [2.75, 3.05) is 24.6 Å². The maximum absolute atomic E-state index is 6.25. The van der Waals surface area contributed by atoms with E-state index in [0.29, 0.717) is 6.04 Å². The Morgan fingerprint density at radius 2 is 2.20 bits per heavy atom. The Kier molecular flexibility index (Phi) is 3.49. The van der Waals surface area contributed by atoms with Crippen molar-refractivity contribution in [3.63, 3.8) is 0 Å². The van der Waals surface area contributed by atoms with E-state index in [1.807, 2.05) is 18.3 Å². The first-order valence-electron chi connectivity index (χ1n) is 7.25. The molecule has 1 unspecified atom stereocenters. The van der Waals surface area contributed by atoms with E-state index in [1.54, 1.807) is 6.20 Å². The minimum atomic E-state index is 0.509. The second-order valence-corrected chi connectivity index (χ2v) is 5.75. The van der Waals surface area contributed by atoms with Crippen molar-refractivity contribution in [3.05, 3.63) is 30.6 Å². The van der Waals surface area contributed by atoms with Crippen molar-refractivity contribution in [1.82, 2.24) is 9.88 Å². The molecule has 1 fully saturated rings. The summed E-state index contributed by atoms with van der Waals surface area (Å²) in [6.07, 6.45) is 6.31. The molecule has 0 bridgehead atoms. The third kappa shape index (κ3) is 2.56. The molecule has 4 heteroatoms. The Morgan fingerprint density at radius 3 is 2.95 bits per heavy atom. The molecular formula is C16H22N4. The number of likely N-dealkylation sites (N-methyl/N-ethyl adjacent to an activating group) is 1. The number of nitrogen functional groups attached to an aromatic ring is 1. The molecule has 1 aromatic carbocycles. The summed E-state index contributed by atoms with van der Waals surface area (Å²) in [5, 5.41) is 5.63. The van der Waals surface area contributed by atoms with Gasteiger partial charge in [0.1, 0.15) is 0 Å². The van der Waals surface area contributed by atoms with Gasteiger partial charge in [0.15, 0.2) is 0 Å². The number of pyridine rings is 1. The van der Waals surface area contributed by atoms with Crippen LogP contribution in [-0.2, 0) is 0 Å². The van der Waals surface area contributed by atoms with Crippen molar-refractivity contribution >= 4 is 22.1 Å². The molecule has 3 rings (SSSR count). The van der Waals surface area contributed by atoms with Crippen molar-refractivity contribution in [2.24, 2.45) is 0 Å². The summed E-state index contributed by atoms with van der Waals surface area (Å²) in [6, 6.07) is 7.37. The SMILES string of the molecule is CC(CNc1ccc2cnccc2c1N)N(C)C1CC1. The van der Waals surface area contributed by atoms with E-state index in [4.69, 9.17) is 5.73 Å². The average molecular weight is 270 g/mol. The number of fused-ring (bicyclic) bond motifs is 1. The predicted octanol–water partition coefficient (Wildman–Crippen LogP) is 2.71. The fourth-order valence-electron chi connectivity index (χ4n) is 2.59. The molecule has 1 aliphatic carbocycles. The van der Waals surface area contributed by atoms with E-state index >= 15 is 0 Å². The number of aromatic nitrogens is 1. The van der Waals surface area contributed by atoms with Crippen molar-refractivity contribution in [2.45, 2.75) is 31.8 Å². The highest BCUT2D eigenvalue weighted by atomic mass is 15.2. The molecule has 1 heterocycles. The first-order chi connectivity index (χ1) is 9.66. The van der Waals surface area contributed by atoms with Crippen LogP contribution in [0.15, 0.2) is 30.6 Å². The van der Waals surface area contributed by atoms with Crippen LogP contribution in [0.25, 0.3) is 10.8 Å². The van der Waals surface area contributed by atoms with Crippen molar-refractivity contribution in [3.8, 4) is 0 Å². The van der Waals surface area contributed by atoms with Crippen molar-refractivity contribution < 1.29 is 0 Å². The van der Waals surface area contributed by atoms with Gasteiger partial charge in [-0.05, 0) is 38.9 Å². The van der Waals surface area contributed by atoms with Gasteiger partial charge in [0.25, 0.3) is 0 Å². The zero-order valence-corrected chi connectivity index (χ0v) is 12.1. The maximum Gasteiger partial charge on any atom is 0.0630 e. The molecule has 0 amide bonds. The van der Waals surface area contributed by atoms with Gasteiger partial charge in [-0.2, -0.15) is 0 Å². The van der Waals surface area contributed by atoms with Crippen molar-refractivity contribution in [1.29, 1.82) is 0 Å². The minimum Gasteiger partial charge on any atom is -0.397 e. The highest BCUT2D eigenvalue weighted by Crippen LogP contribution is 2.29. The first-order valence-corrected chi connectivity index (χ1v) is 7.25. The molecule has 0 saturated heterocycles. The van der Waals surface area contributed by atoms with Gasteiger partial charge < -0.3 is 11.1 Å². The smallest absolute Gasteiger partial charge is 0.0630 e. The van der Waals surface area contributed by atoms with Crippen LogP contribution in [0.2, 0.25) is 0 Å². The normalized spacial score (nSPS) is 16.6. The van der Waals surface area contributed by atoms with E-state index in [-0.39, 0.29) is 0 Å². The molecule has 3 N–H and O–H groups in total. The largest absolute Gasteiger partial charge is 0.397 e. The molecule has 20 heavy (non-hydrogen) atoms. The van der Waals surface area contributed by atoms with Gasteiger partial charge in [0, 0.05) is 41.8 Å². The Balaban J connectivity index is 1.72. The zero-order chi connectivity index (χ0) is 14.1. The second-order valence-electron chi connectivity index (χ2n) is 5.75. The molecule has 2 aromatic rings. The number of anilines is 2. The van der Waals surface area contributed by atoms with Crippen LogP contribution in [0.3, 0.4) is 0 Å². The van der Waals surface area contributed by atoms with Gasteiger partial charge in [0.2, 0.25) is 0 Å². The number of hydrogen-bond acceptors (Lipinski definition) is 4. The third-order valence-corrected chi connectivity index (χ3v) is 4.27. The van der Waals surface area contributed by atoms with Crippen LogP contribution in [0.1, 0.15) is 19.8 Å². The van der Waals surface area contributed by atoms with Gasteiger partial charge in [-0.15, -0.1) is 0 Å². The topological polar surface area (TPSA) is 54.2 Å². The predicted molar refractivity (Wildman–Crippen MR) is 84.9 cm³/mol. The van der Waals surface area contributed by atoms with E-state index in [2.05, 4.69) is 35.2 Å². The third-order valence-electron chi connectivity index (χ3n) is 4.27. The van der Waals surface area contributed by atoms with Gasteiger partial charge in [-0.3, -0.25) is 9.88 Å². The molecule has 4 nitrogen and oxygen atoms in total. The van der Waals surface area contributed by atoms with Crippen LogP contribution in [0.5, 0.6) is 0 Å². The summed E-state index contributed by atoms with van der Waals surface area (Å²) in [6.45, 7) is 3.17. The molecule has 0 radical (unpaired) electrons. The molecule has 1 atom stereocenters. The highest BCUT2D eigenvalue weighted by Gasteiger charge is 2.28. The van der Waals surface area contributed by atoms with Crippen LogP contribution in [0, 0.1) is 0 Å². The molecular weight excluding hydrogens is 248 g/mol. The lowest BCUT2D eigenvalue weighted by molar-refractivity contribution is 0.257. The Labute approximate surface area is 120 Å². The van der Waals surface area contributed by atoms with Gasteiger partial charge in [-0.1, -0.05) is 6.07 Å². The zero-order valence-electron chi connectivity index (χ0n) is 12.1. The summed E-state index contributed by atoms with van der Waals surface area (Å²) < 4.78 is 0. The van der Waals surface area contributed by atoms with Crippen LogP contribution in [0.4, 0.5) is 11.4 Å². The van der Waals surface area contributed by atoms with Gasteiger partial charge in [0.05, 0.1) is 11.4 Å². The van der Waals surface area contributed by atoms with Gasteiger partial charge in [-0.25, -0.2) is 0 Å². The number of rotatable bonds is 5. The standard InChI is InChI=1S/C16H22N4/c1-11(20(2)13-4-5-13)9-19-15-6-3-12-10-18-8-7-14(12)16(15)17/h3,6-8,10-11,13,19H,4-5,9,17H2,1-2H3. The lowest BCUT2D eigenvalue weighted by atomic mass is 10.1. The monoisotopic (exact) mass is 270 g/mol. The van der Waals surface area contributed by atoms with E-state index < -0.39 is 0 Å². The molecule has 1 saturated carbocycles. The average Bonchev–Trinajstić information content (AvgIpc) is 3.30. The summed E-state index contributed by atoms with van der Waals surface area (Å²) in [5.74, 6) is 0. The van der Waals surface area contributed by atoms with Crippen LogP contribution in [-0.4, -0.2) is 35.6 Å². The summed E-state index contributed by atoms with van der Waals surface area (Å²) in [4.78, 5) is 6.58. The Bertz CT molecular complexity index is 606. The molecule has 106 valence electrons. The Hall–Kier alpha value is -1.81. The molecule has 1 aliphatic rings. The van der Waals surface area contributed by atoms with E-state index in [0.717, 1.165) is 34.7 Å². The van der Waals surface area contributed by atoms with Crippen LogP contribution >= 0.6 is 0 Å². The van der Waals surface area contributed by atoms with E-state index in [1.165, 1.54) is 12.8 Å². The number of nitrogens with one attached hydrogen (secondary N) is 1. The Morgan fingerprint density at radius 1 is 1.40 bits per heavy atom. The van der Waals surface area contributed by atoms with Gasteiger partial charge >= 0.3 is 0 Å². The maximum atomic E-state index is 6.25. The van der Waals surface area contributed by atoms with E-state index in [9.17, 15) is 0 Å². The first kappa shape index (κ1) is 13.2. The number of nitrogens with two attached hydrogens (primary N) is 1. The lowest BCUT2D eigenvalue weighted by Crippen LogP contribution is -2.36. The number of hydrogen-bond donors (Lipinski definition) is 2. The highest BCUT2D eigenvalue weighted by molar-refractivity contribution is 5.98. The second kappa shape index (κ2) is 5.29. The summed E-state index contributed by atoms with van der Waals surface area (Å²) in [7, 11) is 2.21. The van der Waals surface area contributed by atoms with Crippen LogP contribution < -0.4 is 11.1 Å². The fourth-order valence-corrected chi connectivity index (χ4v) is 2.59. The number of nitrogens with zero attached hydrogens (tertiary/aromatic N) is 2. The molecule has 0 spiro atoms. The molecule has 0 aliphatic heterocycles. The lowest BCUT2D eigenvalue weighted by Gasteiger charge is -2.25. The summed E-state index contributed by atoms with van der Waals surface area (Å²) >= 11 is 0. The fraction of sp³-hybridized carbons (Fsp3) is 0.438. The minimum absolute atomic E-state index is 0.509. The molecule has 1 aromatic heterocycles.